The summed E-state index contributed by atoms with van der Waals surface area (Å²) in [6, 6.07) is 6.00. The van der Waals surface area contributed by atoms with E-state index in [2.05, 4.69) is 4.72 Å². The summed E-state index contributed by atoms with van der Waals surface area (Å²) in [5, 5.41) is 0. The van der Waals surface area contributed by atoms with Crippen molar-refractivity contribution in [3.63, 3.8) is 0 Å². The first-order valence-corrected chi connectivity index (χ1v) is 9.45. The van der Waals surface area contributed by atoms with Gasteiger partial charge in [0.05, 0.1) is 19.1 Å². The molecule has 8 heteroatoms. The molecule has 1 aliphatic carbocycles. The standard InChI is InChI=1S/C18H19F2NO4S/c1-10-7-15(24-2)16(25-3)9-17(10)26(22,23)21-14-8-11(14)18-12(19)5-4-6-13(18)20/h4-7,9,11,14,21H,8H2,1-3H3/t11-,14+/m0/s1. The second kappa shape index (κ2) is 6.85. The molecule has 1 saturated carbocycles. The van der Waals surface area contributed by atoms with Crippen LogP contribution in [0.2, 0.25) is 0 Å². The molecule has 0 radical (unpaired) electrons. The first-order valence-electron chi connectivity index (χ1n) is 7.97. The SMILES string of the molecule is COc1cc(C)c(S(=O)(=O)N[C@@H]2C[C@@H]2c2c(F)cccc2F)cc1OC. The topological polar surface area (TPSA) is 64.6 Å². The zero-order valence-corrected chi connectivity index (χ0v) is 15.4. The van der Waals surface area contributed by atoms with Crippen molar-refractivity contribution in [2.75, 3.05) is 14.2 Å². The number of halogens is 2. The number of sulfonamides is 1. The summed E-state index contributed by atoms with van der Waals surface area (Å²) in [7, 11) is -1.01. The van der Waals surface area contributed by atoms with Crippen LogP contribution >= 0.6 is 0 Å². The Kier molecular flexibility index (Phi) is 4.90. The Bertz CT molecular complexity index is 926. The molecule has 140 valence electrons. The van der Waals surface area contributed by atoms with E-state index in [-0.39, 0.29) is 16.2 Å². The molecule has 3 rings (SSSR count). The van der Waals surface area contributed by atoms with Crippen LogP contribution in [-0.4, -0.2) is 28.7 Å². The maximum absolute atomic E-state index is 13.9. The lowest BCUT2D eigenvalue weighted by molar-refractivity contribution is 0.353. The molecular weight excluding hydrogens is 364 g/mol. The summed E-state index contributed by atoms with van der Waals surface area (Å²) in [6.45, 7) is 1.64. The molecule has 2 aromatic carbocycles. The summed E-state index contributed by atoms with van der Waals surface area (Å²) < 4.78 is 66.0. The van der Waals surface area contributed by atoms with E-state index in [1.807, 2.05) is 0 Å². The van der Waals surface area contributed by atoms with Crippen molar-refractivity contribution in [1.82, 2.24) is 4.72 Å². The fourth-order valence-electron chi connectivity index (χ4n) is 3.02. The van der Waals surface area contributed by atoms with Gasteiger partial charge in [0.1, 0.15) is 11.6 Å². The Morgan fingerprint density at radius 3 is 2.23 bits per heavy atom. The third-order valence-corrected chi connectivity index (χ3v) is 6.07. The fraction of sp³-hybridized carbons (Fsp3) is 0.333. The van der Waals surface area contributed by atoms with Crippen molar-refractivity contribution in [3.05, 3.63) is 53.1 Å². The molecule has 0 spiro atoms. The second-order valence-electron chi connectivity index (χ2n) is 6.18. The lowest BCUT2D eigenvalue weighted by Crippen LogP contribution is -2.27. The molecule has 1 aliphatic rings. The highest BCUT2D eigenvalue weighted by Gasteiger charge is 2.44. The summed E-state index contributed by atoms with van der Waals surface area (Å²) in [5.41, 5.74) is 0.397. The van der Waals surface area contributed by atoms with Crippen molar-refractivity contribution in [1.29, 1.82) is 0 Å². The minimum absolute atomic E-state index is 0.0369. The van der Waals surface area contributed by atoms with E-state index in [0.29, 0.717) is 17.7 Å². The van der Waals surface area contributed by atoms with Gasteiger partial charge in [-0.15, -0.1) is 0 Å². The van der Waals surface area contributed by atoms with Crippen LogP contribution in [0, 0.1) is 18.6 Å². The smallest absolute Gasteiger partial charge is 0.241 e. The predicted molar refractivity (Wildman–Crippen MR) is 92.1 cm³/mol. The van der Waals surface area contributed by atoms with Crippen molar-refractivity contribution in [2.24, 2.45) is 0 Å². The molecule has 26 heavy (non-hydrogen) atoms. The molecule has 0 amide bonds. The number of ether oxygens (including phenoxy) is 2. The van der Waals surface area contributed by atoms with Gasteiger partial charge in [-0.25, -0.2) is 21.9 Å². The molecular formula is C18H19F2NO4S. The minimum atomic E-state index is -3.88. The van der Waals surface area contributed by atoms with Crippen molar-refractivity contribution >= 4 is 10.0 Å². The number of methoxy groups -OCH3 is 2. The average molecular weight is 383 g/mol. The zero-order chi connectivity index (χ0) is 19.1. The van der Waals surface area contributed by atoms with Crippen LogP contribution in [0.5, 0.6) is 11.5 Å². The molecule has 0 bridgehead atoms. The molecule has 2 atom stereocenters. The average Bonchev–Trinajstić information content (AvgIpc) is 3.31. The Labute approximate surface area is 151 Å². The molecule has 2 aromatic rings. The fourth-order valence-corrected chi connectivity index (χ4v) is 4.55. The molecule has 0 unspecified atom stereocenters. The Morgan fingerprint density at radius 1 is 1.08 bits per heavy atom. The maximum Gasteiger partial charge on any atom is 0.241 e. The first-order chi connectivity index (χ1) is 12.3. The third kappa shape index (κ3) is 3.39. The number of hydrogen-bond donors (Lipinski definition) is 1. The van der Waals surface area contributed by atoms with E-state index >= 15 is 0 Å². The van der Waals surface area contributed by atoms with Crippen LogP contribution in [0.3, 0.4) is 0 Å². The number of hydrogen-bond acceptors (Lipinski definition) is 4. The molecule has 1 fully saturated rings. The van der Waals surface area contributed by atoms with Crippen LogP contribution in [0.1, 0.15) is 23.5 Å². The molecule has 0 aliphatic heterocycles. The summed E-state index contributed by atoms with van der Waals surface area (Å²) >= 11 is 0. The van der Waals surface area contributed by atoms with E-state index in [1.54, 1.807) is 13.0 Å². The predicted octanol–water partition coefficient (Wildman–Crippen LogP) is 3.12. The van der Waals surface area contributed by atoms with E-state index in [9.17, 15) is 17.2 Å². The molecule has 1 N–H and O–H groups in total. The van der Waals surface area contributed by atoms with Crippen LogP contribution in [0.25, 0.3) is 0 Å². The van der Waals surface area contributed by atoms with Gasteiger partial charge < -0.3 is 9.47 Å². The van der Waals surface area contributed by atoms with Gasteiger partial charge in [0.15, 0.2) is 11.5 Å². The first kappa shape index (κ1) is 18.6. The van der Waals surface area contributed by atoms with Gasteiger partial charge in [-0.1, -0.05) is 6.07 Å². The van der Waals surface area contributed by atoms with Crippen LogP contribution in [-0.2, 0) is 10.0 Å². The van der Waals surface area contributed by atoms with Gasteiger partial charge in [0.25, 0.3) is 0 Å². The summed E-state index contributed by atoms with van der Waals surface area (Å²) in [5.74, 6) is -1.16. The highest BCUT2D eigenvalue weighted by Crippen LogP contribution is 2.44. The number of nitrogens with one attached hydrogen (secondary N) is 1. The minimum Gasteiger partial charge on any atom is -0.493 e. The van der Waals surface area contributed by atoms with E-state index in [1.165, 1.54) is 38.5 Å². The number of aryl methyl sites for hydroxylation is 1. The lowest BCUT2D eigenvalue weighted by atomic mass is 10.1. The quantitative estimate of drug-likeness (QED) is 0.833. The van der Waals surface area contributed by atoms with Gasteiger partial charge in [0.2, 0.25) is 10.0 Å². The maximum atomic E-state index is 13.9. The van der Waals surface area contributed by atoms with Crippen molar-refractivity contribution in [3.8, 4) is 11.5 Å². The van der Waals surface area contributed by atoms with Crippen LogP contribution in [0.15, 0.2) is 35.2 Å². The van der Waals surface area contributed by atoms with Gasteiger partial charge in [0, 0.05) is 23.6 Å². The molecule has 0 aromatic heterocycles. The summed E-state index contributed by atoms with van der Waals surface area (Å²) in [6.07, 6.45) is 0.337. The zero-order valence-electron chi connectivity index (χ0n) is 14.5. The van der Waals surface area contributed by atoms with Gasteiger partial charge in [-0.3, -0.25) is 0 Å². The Balaban J connectivity index is 1.85. The highest BCUT2D eigenvalue weighted by molar-refractivity contribution is 7.89. The molecule has 0 heterocycles. The monoisotopic (exact) mass is 383 g/mol. The second-order valence-corrected chi connectivity index (χ2v) is 7.86. The van der Waals surface area contributed by atoms with E-state index < -0.39 is 33.6 Å². The third-order valence-electron chi connectivity index (χ3n) is 4.44. The van der Waals surface area contributed by atoms with Gasteiger partial charge in [-0.05, 0) is 37.1 Å². The van der Waals surface area contributed by atoms with Crippen molar-refractivity contribution in [2.45, 2.75) is 30.2 Å². The Morgan fingerprint density at radius 2 is 1.65 bits per heavy atom. The lowest BCUT2D eigenvalue weighted by Gasteiger charge is -2.14. The molecule has 5 nitrogen and oxygen atoms in total. The van der Waals surface area contributed by atoms with E-state index in [4.69, 9.17) is 9.47 Å². The normalized spacial score (nSPS) is 19.3. The Hall–Kier alpha value is -2.19. The van der Waals surface area contributed by atoms with Crippen LogP contribution in [0.4, 0.5) is 8.78 Å². The van der Waals surface area contributed by atoms with E-state index in [0.717, 1.165) is 0 Å². The van der Waals surface area contributed by atoms with Gasteiger partial charge >= 0.3 is 0 Å². The highest BCUT2D eigenvalue weighted by atomic mass is 32.2. The van der Waals surface area contributed by atoms with Crippen molar-refractivity contribution < 1.29 is 26.7 Å². The van der Waals surface area contributed by atoms with Gasteiger partial charge in [-0.2, -0.15) is 0 Å². The molecule has 0 saturated heterocycles. The summed E-state index contributed by atoms with van der Waals surface area (Å²) in [4.78, 5) is 0.0369. The number of benzene rings is 2. The van der Waals surface area contributed by atoms with Crippen LogP contribution < -0.4 is 14.2 Å². The largest absolute Gasteiger partial charge is 0.493 e. The number of rotatable bonds is 6.